The van der Waals surface area contributed by atoms with Crippen LogP contribution in [-0.2, 0) is 14.3 Å². The molecular weight excluding hydrogens is 326 g/mol. The predicted octanol–water partition coefficient (Wildman–Crippen LogP) is 3.83. The van der Waals surface area contributed by atoms with Crippen LogP contribution in [0.5, 0.6) is 0 Å². The molecule has 2 aliphatic carbocycles. The summed E-state index contributed by atoms with van der Waals surface area (Å²) in [4.78, 5) is 25.2. The number of rotatable bonds is 5. The highest BCUT2D eigenvalue weighted by atomic mass is 35.5. The first-order chi connectivity index (χ1) is 11.6. The summed E-state index contributed by atoms with van der Waals surface area (Å²) in [5.74, 6) is -0.275. The van der Waals surface area contributed by atoms with Crippen LogP contribution in [0.3, 0.4) is 0 Å². The minimum atomic E-state index is -0.834. The lowest BCUT2D eigenvalue weighted by atomic mass is 9.81. The molecule has 5 heteroatoms. The molecule has 4 nitrogen and oxygen atoms in total. The number of benzene rings is 1. The molecule has 3 rings (SSSR count). The maximum Gasteiger partial charge on any atom is 0.331 e. The standard InChI is InChI=1S/C19H24ClNO3/c1-2-24-18(23)19(10-6-3-7-11-19)21-17(22)15-12-14(15)13-8-4-5-9-16(13)20/h4-5,8-9,14-15H,2-3,6-7,10-12H2,1H3,(H,21,22). The monoisotopic (exact) mass is 349 g/mol. The zero-order chi connectivity index (χ0) is 17.2. The first-order valence-electron chi connectivity index (χ1n) is 8.81. The lowest BCUT2D eigenvalue weighted by Crippen LogP contribution is -2.56. The van der Waals surface area contributed by atoms with Crippen molar-refractivity contribution in [3.63, 3.8) is 0 Å². The van der Waals surface area contributed by atoms with Crippen molar-refractivity contribution in [1.82, 2.24) is 5.32 Å². The summed E-state index contributed by atoms with van der Waals surface area (Å²) in [5, 5.41) is 3.75. The Labute approximate surface area is 147 Å². The van der Waals surface area contributed by atoms with E-state index < -0.39 is 5.54 Å². The van der Waals surface area contributed by atoms with E-state index in [2.05, 4.69) is 5.32 Å². The molecule has 0 heterocycles. The molecule has 1 amide bonds. The molecule has 2 unspecified atom stereocenters. The minimum absolute atomic E-state index is 0.0464. The molecule has 2 atom stereocenters. The minimum Gasteiger partial charge on any atom is -0.464 e. The van der Waals surface area contributed by atoms with Crippen LogP contribution in [0.1, 0.15) is 56.9 Å². The van der Waals surface area contributed by atoms with Crippen LogP contribution in [0, 0.1) is 5.92 Å². The molecule has 24 heavy (non-hydrogen) atoms. The van der Waals surface area contributed by atoms with Gasteiger partial charge in [-0.05, 0) is 43.7 Å². The third kappa shape index (κ3) is 3.44. The third-order valence-corrected chi connectivity index (χ3v) is 5.51. The molecule has 0 saturated heterocycles. The van der Waals surface area contributed by atoms with Crippen molar-refractivity contribution in [2.24, 2.45) is 5.92 Å². The van der Waals surface area contributed by atoms with Gasteiger partial charge < -0.3 is 10.1 Å². The van der Waals surface area contributed by atoms with Gasteiger partial charge in [0.2, 0.25) is 5.91 Å². The zero-order valence-corrected chi connectivity index (χ0v) is 14.8. The fourth-order valence-corrected chi connectivity index (χ4v) is 4.01. The zero-order valence-electron chi connectivity index (χ0n) is 14.0. The first kappa shape index (κ1) is 17.3. The van der Waals surface area contributed by atoms with Gasteiger partial charge in [-0.1, -0.05) is 49.1 Å². The molecule has 1 N–H and O–H groups in total. The van der Waals surface area contributed by atoms with Gasteiger partial charge in [0.25, 0.3) is 0 Å². The molecule has 1 aromatic carbocycles. The highest BCUT2D eigenvalue weighted by Crippen LogP contribution is 2.50. The summed E-state index contributed by atoms with van der Waals surface area (Å²) in [6.45, 7) is 2.13. The molecule has 0 radical (unpaired) electrons. The van der Waals surface area contributed by atoms with Gasteiger partial charge in [-0.25, -0.2) is 4.79 Å². The number of ether oxygens (including phenoxy) is 1. The van der Waals surface area contributed by atoms with Gasteiger partial charge in [0.05, 0.1) is 6.61 Å². The van der Waals surface area contributed by atoms with Crippen molar-refractivity contribution in [1.29, 1.82) is 0 Å². The van der Waals surface area contributed by atoms with Crippen LogP contribution in [0.2, 0.25) is 5.02 Å². The van der Waals surface area contributed by atoms with Gasteiger partial charge in [0.15, 0.2) is 0 Å². The molecule has 0 bridgehead atoms. The van der Waals surface area contributed by atoms with Crippen molar-refractivity contribution in [3.8, 4) is 0 Å². The van der Waals surface area contributed by atoms with E-state index in [4.69, 9.17) is 16.3 Å². The highest BCUT2D eigenvalue weighted by Gasteiger charge is 2.49. The smallest absolute Gasteiger partial charge is 0.331 e. The van der Waals surface area contributed by atoms with Crippen LogP contribution in [0.4, 0.5) is 0 Å². The quantitative estimate of drug-likeness (QED) is 0.822. The highest BCUT2D eigenvalue weighted by molar-refractivity contribution is 6.31. The summed E-state index contributed by atoms with van der Waals surface area (Å²) < 4.78 is 5.24. The number of nitrogens with one attached hydrogen (secondary N) is 1. The fraction of sp³-hybridized carbons (Fsp3) is 0.579. The van der Waals surface area contributed by atoms with Crippen molar-refractivity contribution in [2.45, 2.75) is 56.9 Å². The van der Waals surface area contributed by atoms with Gasteiger partial charge in [-0.15, -0.1) is 0 Å². The Hall–Kier alpha value is -1.55. The van der Waals surface area contributed by atoms with E-state index in [9.17, 15) is 9.59 Å². The average Bonchev–Trinajstić information content (AvgIpc) is 3.37. The summed E-state index contributed by atoms with van der Waals surface area (Å²) in [5.41, 5.74) is 0.187. The molecule has 0 aliphatic heterocycles. The Balaban J connectivity index is 1.69. The predicted molar refractivity (Wildman–Crippen MR) is 92.9 cm³/mol. The number of hydrogen-bond donors (Lipinski definition) is 1. The number of hydrogen-bond acceptors (Lipinski definition) is 3. The number of amides is 1. The second-order valence-corrected chi connectivity index (χ2v) is 7.23. The average molecular weight is 350 g/mol. The van der Waals surface area contributed by atoms with Crippen LogP contribution in [0.15, 0.2) is 24.3 Å². The van der Waals surface area contributed by atoms with Crippen LogP contribution in [0.25, 0.3) is 0 Å². The normalized spacial score (nSPS) is 24.9. The van der Waals surface area contributed by atoms with Crippen molar-refractivity contribution in [3.05, 3.63) is 34.9 Å². The Morgan fingerprint density at radius 1 is 1.25 bits per heavy atom. The molecule has 2 saturated carbocycles. The van der Waals surface area contributed by atoms with E-state index in [1.807, 2.05) is 24.3 Å². The van der Waals surface area contributed by atoms with Crippen molar-refractivity contribution >= 4 is 23.5 Å². The van der Waals surface area contributed by atoms with E-state index in [-0.39, 0.29) is 23.7 Å². The van der Waals surface area contributed by atoms with Crippen molar-refractivity contribution in [2.75, 3.05) is 6.61 Å². The van der Waals surface area contributed by atoms with E-state index in [0.29, 0.717) is 24.5 Å². The topological polar surface area (TPSA) is 55.4 Å². The van der Waals surface area contributed by atoms with E-state index in [0.717, 1.165) is 31.2 Å². The molecule has 130 valence electrons. The molecule has 2 aliphatic rings. The van der Waals surface area contributed by atoms with E-state index in [1.54, 1.807) is 6.92 Å². The molecule has 1 aromatic rings. The van der Waals surface area contributed by atoms with Gasteiger partial charge in [0.1, 0.15) is 5.54 Å². The maximum absolute atomic E-state index is 12.7. The Morgan fingerprint density at radius 3 is 2.62 bits per heavy atom. The second kappa shape index (κ2) is 7.14. The van der Waals surface area contributed by atoms with Crippen LogP contribution in [-0.4, -0.2) is 24.0 Å². The fourth-order valence-electron chi connectivity index (χ4n) is 3.74. The van der Waals surface area contributed by atoms with Crippen molar-refractivity contribution < 1.29 is 14.3 Å². The Bertz CT molecular complexity index is 625. The number of carbonyl (C=O) groups is 2. The summed E-state index contributed by atoms with van der Waals surface area (Å²) in [7, 11) is 0. The first-order valence-corrected chi connectivity index (χ1v) is 9.19. The molecule has 0 aromatic heterocycles. The van der Waals surface area contributed by atoms with Gasteiger partial charge in [0, 0.05) is 10.9 Å². The number of halogens is 1. The van der Waals surface area contributed by atoms with Gasteiger partial charge in [-0.3, -0.25) is 4.79 Å². The number of carbonyl (C=O) groups excluding carboxylic acids is 2. The molecular formula is C19H24ClNO3. The van der Waals surface area contributed by atoms with E-state index >= 15 is 0 Å². The number of esters is 1. The van der Waals surface area contributed by atoms with Crippen LogP contribution < -0.4 is 5.32 Å². The summed E-state index contributed by atoms with van der Waals surface area (Å²) >= 11 is 6.23. The lowest BCUT2D eigenvalue weighted by molar-refractivity contribution is -0.155. The second-order valence-electron chi connectivity index (χ2n) is 6.82. The lowest BCUT2D eigenvalue weighted by Gasteiger charge is -2.35. The van der Waals surface area contributed by atoms with E-state index in [1.165, 1.54) is 0 Å². The Morgan fingerprint density at radius 2 is 1.96 bits per heavy atom. The third-order valence-electron chi connectivity index (χ3n) is 5.17. The largest absolute Gasteiger partial charge is 0.464 e. The SMILES string of the molecule is CCOC(=O)C1(NC(=O)C2CC2c2ccccc2Cl)CCCCC1. The van der Waals surface area contributed by atoms with Crippen LogP contribution >= 0.6 is 11.6 Å². The summed E-state index contributed by atoms with van der Waals surface area (Å²) in [6.07, 6.45) is 5.11. The maximum atomic E-state index is 12.7. The summed E-state index contributed by atoms with van der Waals surface area (Å²) in [6, 6.07) is 7.66. The van der Waals surface area contributed by atoms with Gasteiger partial charge >= 0.3 is 5.97 Å². The Kier molecular flexibility index (Phi) is 5.14. The molecule has 2 fully saturated rings. The van der Waals surface area contributed by atoms with Gasteiger partial charge in [-0.2, -0.15) is 0 Å². The molecule has 0 spiro atoms.